The Labute approximate surface area is 66.7 Å². The highest BCUT2D eigenvalue weighted by Gasteiger charge is 2.05. The predicted octanol–water partition coefficient (Wildman–Crippen LogP) is 1.01. The van der Waals surface area contributed by atoms with Gasteiger partial charge in [-0.25, -0.2) is 0 Å². The van der Waals surface area contributed by atoms with Crippen LogP contribution in [0.2, 0.25) is 0 Å². The first-order valence-electron chi connectivity index (χ1n) is 3.78. The lowest BCUT2D eigenvalue weighted by Crippen LogP contribution is -2.04. The van der Waals surface area contributed by atoms with Crippen LogP contribution in [-0.4, -0.2) is 32.3 Å². The van der Waals surface area contributed by atoms with Crippen molar-refractivity contribution in [1.29, 1.82) is 0 Å². The quantitative estimate of drug-likeness (QED) is 0.438. The second-order valence-corrected chi connectivity index (χ2v) is 2.24. The van der Waals surface area contributed by atoms with Crippen molar-refractivity contribution in [3.63, 3.8) is 0 Å². The molecule has 11 heavy (non-hydrogen) atoms. The van der Waals surface area contributed by atoms with E-state index in [9.17, 15) is 0 Å². The SMILES string of the molecule is C=CCOCCC1=NCCO1. The van der Waals surface area contributed by atoms with Gasteiger partial charge >= 0.3 is 0 Å². The lowest BCUT2D eigenvalue weighted by molar-refractivity contribution is 0.165. The van der Waals surface area contributed by atoms with Crippen LogP contribution in [0.15, 0.2) is 17.6 Å². The van der Waals surface area contributed by atoms with Crippen molar-refractivity contribution in [1.82, 2.24) is 0 Å². The normalized spacial score (nSPS) is 15.8. The first-order chi connectivity index (χ1) is 5.43. The van der Waals surface area contributed by atoms with Crippen LogP contribution in [0.3, 0.4) is 0 Å². The summed E-state index contributed by atoms with van der Waals surface area (Å²) in [7, 11) is 0. The van der Waals surface area contributed by atoms with Gasteiger partial charge in [0.2, 0.25) is 0 Å². The molecule has 0 atom stereocenters. The summed E-state index contributed by atoms with van der Waals surface area (Å²) in [4.78, 5) is 4.12. The molecule has 0 bridgehead atoms. The number of nitrogens with zero attached hydrogens (tertiary/aromatic N) is 1. The Morgan fingerprint density at radius 3 is 3.27 bits per heavy atom. The van der Waals surface area contributed by atoms with E-state index in [1.165, 1.54) is 0 Å². The molecule has 0 unspecified atom stereocenters. The van der Waals surface area contributed by atoms with Crippen molar-refractivity contribution < 1.29 is 9.47 Å². The smallest absolute Gasteiger partial charge is 0.185 e. The third kappa shape index (κ3) is 3.18. The molecule has 0 aliphatic carbocycles. The number of hydrogen-bond donors (Lipinski definition) is 0. The molecule has 1 aliphatic rings. The summed E-state index contributed by atoms with van der Waals surface area (Å²) >= 11 is 0. The molecule has 0 spiro atoms. The van der Waals surface area contributed by atoms with Crippen molar-refractivity contribution in [3.05, 3.63) is 12.7 Å². The molecule has 0 aromatic carbocycles. The highest BCUT2D eigenvalue weighted by Crippen LogP contribution is 1.98. The van der Waals surface area contributed by atoms with E-state index >= 15 is 0 Å². The summed E-state index contributed by atoms with van der Waals surface area (Å²) in [5, 5.41) is 0. The van der Waals surface area contributed by atoms with Crippen LogP contribution >= 0.6 is 0 Å². The van der Waals surface area contributed by atoms with E-state index in [0.29, 0.717) is 13.2 Å². The van der Waals surface area contributed by atoms with Crippen molar-refractivity contribution in [2.45, 2.75) is 6.42 Å². The van der Waals surface area contributed by atoms with E-state index in [1.807, 2.05) is 0 Å². The van der Waals surface area contributed by atoms with Gasteiger partial charge in [0.15, 0.2) is 5.90 Å². The fourth-order valence-electron chi connectivity index (χ4n) is 0.857. The molecule has 1 aliphatic heterocycles. The van der Waals surface area contributed by atoms with Gasteiger partial charge in [0, 0.05) is 6.42 Å². The Kier molecular flexibility index (Phi) is 3.69. The molecule has 62 valence electrons. The maximum atomic E-state index is 5.18. The second kappa shape index (κ2) is 4.91. The number of hydrogen-bond acceptors (Lipinski definition) is 3. The maximum Gasteiger partial charge on any atom is 0.185 e. The van der Waals surface area contributed by atoms with Gasteiger partial charge in [-0.05, 0) is 0 Å². The lowest BCUT2D eigenvalue weighted by atomic mass is 10.4. The maximum absolute atomic E-state index is 5.18. The zero-order valence-electron chi connectivity index (χ0n) is 6.58. The van der Waals surface area contributed by atoms with Gasteiger partial charge in [-0.15, -0.1) is 6.58 Å². The van der Waals surface area contributed by atoms with Crippen molar-refractivity contribution >= 4 is 5.90 Å². The summed E-state index contributed by atoms with van der Waals surface area (Å²) in [6.07, 6.45) is 2.52. The van der Waals surface area contributed by atoms with Gasteiger partial charge in [-0.3, -0.25) is 4.99 Å². The summed E-state index contributed by atoms with van der Waals surface area (Å²) in [6, 6.07) is 0. The monoisotopic (exact) mass is 155 g/mol. The summed E-state index contributed by atoms with van der Waals surface area (Å²) in [5.41, 5.74) is 0. The highest BCUT2D eigenvalue weighted by atomic mass is 16.5. The standard InChI is InChI=1S/C8H13NO2/c1-2-5-10-6-3-8-9-4-7-11-8/h2H,1,3-7H2. The summed E-state index contributed by atoms with van der Waals surface area (Å²) in [6.45, 7) is 6.35. The Morgan fingerprint density at radius 1 is 1.73 bits per heavy atom. The summed E-state index contributed by atoms with van der Waals surface area (Å²) < 4.78 is 10.3. The van der Waals surface area contributed by atoms with Gasteiger partial charge in [-0.1, -0.05) is 6.08 Å². The van der Waals surface area contributed by atoms with E-state index in [1.54, 1.807) is 6.08 Å². The zero-order valence-corrected chi connectivity index (χ0v) is 6.58. The van der Waals surface area contributed by atoms with Crippen molar-refractivity contribution in [2.75, 3.05) is 26.4 Å². The van der Waals surface area contributed by atoms with E-state index < -0.39 is 0 Å². The predicted molar refractivity (Wildman–Crippen MR) is 43.9 cm³/mol. The van der Waals surface area contributed by atoms with Crippen molar-refractivity contribution in [3.8, 4) is 0 Å². The molecule has 0 saturated heterocycles. The van der Waals surface area contributed by atoms with Crippen molar-refractivity contribution in [2.24, 2.45) is 4.99 Å². The largest absolute Gasteiger partial charge is 0.479 e. The van der Waals surface area contributed by atoms with Gasteiger partial charge in [0.1, 0.15) is 6.61 Å². The van der Waals surface area contributed by atoms with E-state index in [4.69, 9.17) is 9.47 Å². The van der Waals surface area contributed by atoms with Crippen LogP contribution in [-0.2, 0) is 9.47 Å². The fourth-order valence-corrected chi connectivity index (χ4v) is 0.857. The van der Waals surface area contributed by atoms with Crippen LogP contribution in [0, 0.1) is 0 Å². The Bertz CT molecular complexity index is 154. The molecule has 0 radical (unpaired) electrons. The minimum Gasteiger partial charge on any atom is -0.479 e. The Morgan fingerprint density at radius 2 is 2.64 bits per heavy atom. The van der Waals surface area contributed by atoms with Crippen LogP contribution in [0.5, 0.6) is 0 Å². The van der Waals surface area contributed by atoms with Crippen LogP contribution in [0.1, 0.15) is 6.42 Å². The second-order valence-electron chi connectivity index (χ2n) is 2.24. The number of aliphatic imine (C=N–C) groups is 1. The zero-order chi connectivity index (χ0) is 7.94. The van der Waals surface area contributed by atoms with E-state index in [0.717, 1.165) is 25.5 Å². The minimum absolute atomic E-state index is 0.604. The minimum atomic E-state index is 0.604. The van der Waals surface area contributed by atoms with E-state index in [-0.39, 0.29) is 0 Å². The van der Waals surface area contributed by atoms with Gasteiger partial charge in [0.05, 0.1) is 19.8 Å². The van der Waals surface area contributed by atoms with Gasteiger partial charge < -0.3 is 9.47 Å². The number of ether oxygens (including phenoxy) is 2. The molecule has 0 aromatic rings. The highest BCUT2D eigenvalue weighted by molar-refractivity contribution is 5.77. The number of rotatable bonds is 5. The molecule has 0 saturated carbocycles. The first kappa shape index (κ1) is 8.27. The fraction of sp³-hybridized carbons (Fsp3) is 0.625. The topological polar surface area (TPSA) is 30.8 Å². The molecule has 0 aromatic heterocycles. The third-order valence-corrected chi connectivity index (χ3v) is 1.34. The molecule has 3 heteroatoms. The third-order valence-electron chi connectivity index (χ3n) is 1.34. The Balaban J connectivity index is 1.98. The molecule has 0 amide bonds. The molecule has 0 fully saturated rings. The van der Waals surface area contributed by atoms with Crippen LogP contribution < -0.4 is 0 Å². The summed E-state index contributed by atoms with van der Waals surface area (Å²) in [5.74, 6) is 0.828. The van der Waals surface area contributed by atoms with E-state index in [2.05, 4.69) is 11.6 Å². The van der Waals surface area contributed by atoms with Gasteiger partial charge in [-0.2, -0.15) is 0 Å². The average Bonchev–Trinajstić information content (AvgIpc) is 2.50. The lowest BCUT2D eigenvalue weighted by Gasteiger charge is -2.00. The first-order valence-corrected chi connectivity index (χ1v) is 3.78. The molecule has 1 rings (SSSR count). The molecule has 3 nitrogen and oxygen atoms in total. The molecular weight excluding hydrogens is 142 g/mol. The van der Waals surface area contributed by atoms with Gasteiger partial charge in [0.25, 0.3) is 0 Å². The molecule has 0 N–H and O–H groups in total. The molecular formula is C8H13NO2. The Hall–Kier alpha value is -0.830. The molecule has 1 heterocycles. The average molecular weight is 155 g/mol. The van der Waals surface area contributed by atoms with Crippen LogP contribution in [0.25, 0.3) is 0 Å². The van der Waals surface area contributed by atoms with Crippen LogP contribution in [0.4, 0.5) is 0 Å².